The number of halogens is 1. The summed E-state index contributed by atoms with van der Waals surface area (Å²) in [7, 11) is 0. The zero-order valence-electron chi connectivity index (χ0n) is 10.9. The van der Waals surface area contributed by atoms with E-state index in [4.69, 9.17) is 11.6 Å². The Balaban J connectivity index is 1.80. The van der Waals surface area contributed by atoms with Crippen LogP contribution in [0.3, 0.4) is 0 Å². The second-order valence-corrected chi connectivity index (χ2v) is 4.85. The molecule has 0 spiro atoms. The average Bonchev–Trinajstić information content (AvgIpc) is 2.88. The standard InChI is InChI=1S/C15H13ClN4/c1-10(11-6-8-12(16)9-7-11)19-20-15-17-13-4-2-3-5-14(13)18-15/h2-9H,1H3,(H2,17,18,20)/b19-10+. The molecule has 100 valence electrons. The van der Waals surface area contributed by atoms with E-state index in [-0.39, 0.29) is 0 Å². The lowest BCUT2D eigenvalue weighted by Gasteiger charge is -2.01. The lowest BCUT2D eigenvalue weighted by atomic mass is 10.1. The minimum absolute atomic E-state index is 0.625. The first-order valence-electron chi connectivity index (χ1n) is 6.23. The van der Waals surface area contributed by atoms with Gasteiger partial charge in [-0.3, -0.25) is 0 Å². The van der Waals surface area contributed by atoms with Gasteiger partial charge in [-0.25, -0.2) is 10.4 Å². The molecule has 0 atom stereocenters. The molecule has 0 saturated carbocycles. The van der Waals surface area contributed by atoms with Gasteiger partial charge in [-0.1, -0.05) is 35.9 Å². The van der Waals surface area contributed by atoms with E-state index in [9.17, 15) is 0 Å². The van der Waals surface area contributed by atoms with Crippen LogP contribution in [0.4, 0.5) is 5.95 Å². The maximum absolute atomic E-state index is 5.86. The summed E-state index contributed by atoms with van der Waals surface area (Å²) in [6.07, 6.45) is 0. The summed E-state index contributed by atoms with van der Waals surface area (Å²) in [6, 6.07) is 15.4. The van der Waals surface area contributed by atoms with E-state index in [0.29, 0.717) is 11.0 Å². The first-order chi connectivity index (χ1) is 9.72. The number of imidazole rings is 1. The molecule has 0 unspecified atom stereocenters. The number of anilines is 1. The molecule has 0 saturated heterocycles. The molecule has 20 heavy (non-hydrogen) atoms. The van der Waals surface area contributed by atoms with Crippen LogP contribution in [-0.2, 0) is 0 Å². The Bertz CT molecular complexity index is 726. The number of nitrogens with zero attached hydrogens (tertiary/aromatic N) is 2. The van der Waals surface area contributed by atoms with Crippen LogP contribution in [0, 0.1) is 0 Å². The normalized spacial score (nSPS) is 11.8. The van der Waals surface area contributed by atoms with Gasteiger partial charge in [-0.05, 0) is 36.8 Å². The molecule has 1 aromatic heterocycles. The fourth-order valence-electron chi connectivity index (χ4n) is 1.90. The molecular weight excluding hydrogens is 272 g/mol. The molecular formula is C15H13ClN4. The van der Waals surface area contributed by atoms with E-state index in [1.807, 2.05) is 55.5 Å². The molecule has 0 amide bonds. The summed E-state index contributed by atoms with van der Waals surface area (Å²) >= 11 is 5.86. The number of para-hydroxylation sites is 2. The third kappa shape index (κ3) is 2.65. The topological polar surface area (TPSA) is 53.1 Å². The van der Waals surface area contributed by atoms with Gasteiger partial charge in [-0.2, -0.15) is 5.10 Å². The average molecular weight is 285 g/mol. The number of aromatic amines is 1. The third-order valence-electron chi connectivity index (χ3n) is 2.98. The summed E-state index contributed by atoms with van der Waals surface area (Å²) in [5.74, 6) is 0.625. The maximum Gasteiger partial charge on any atom is 0.222 e. The van der Waals surface area contributed by atoms with Gasteiger partial charge < -0.3 is 4.98 Å². The molecule has 5 heteroatoms. The number of hydrogen-bond acceptors (Lipinski definition) is 3. The number of H-pyrrole nitrogens is 1. The molecule has 3 rings (SSSR count). The molecule has 2 aromatic carbocycles. The van der Waals surface area contributed by atoms with Gasteiger partial charge in [0.05, 0.1) is 16.7 Å². The second-order valence-electron chi connectivity index (χ2n) is 4.42. The Morgan fingerprint density at radius 3 is 2.65 bits per heavy atom. The van der Waals surface area contributed by atoms with Crippen LogP contribution < -0.4 is 5.43 Å². The van der Waals surface area contributed by atoms with Gasteiger partial charge in [0.2, 0.25) is 5.95 Å². The van der Waals surface area contributed by atoms with Crippen LogP contribution in [0.2, 0.25) is 5.02 Å². The monoisotopic (exact) mass is 284 g/mol. The van der Waals surface area contributed by atoms with Crippen molar-refractivity contribution < 1.29 is 0 Å². The van der Waals surface area contributed by atoms with Crippen molar-refractivity contribution in [1.82, 2.24) is 9.97 Å². The van der Waals surface area contributed by atoms with E-state index < -0.39 is 0 Å². The van der Waals surface area contributed by atoms with Crippen molar-refractivity contribution in [2.24, 2.45) is 5.10 Å². The molecule has 1 heterocycles. The SMILES string of the molecule is C/C(=N\Nc1nc2ccccc2[nH]1)c1ccc(Cl)cc1. The molecule has 0 aliphatic heterocycles. The van der Waals surface area contributed by atoms with E-state index in [1.165, 1.54) is 0 Å². The molecule has 0 aliphatic carbocycles. The minimum atomic E-state index is 0.625. The maximum atomic E-state index is 5.86. The lowest BCUT2D eigenvalue weighted by molar-refractivity contribution is 1.20. The smallest absolute Gasteiger partial charge is 0.222 e. The predicted molar refractivity (Wildman–Crippen MR) is 83.4 cm³/mol. The largest absolute Gasteiger partial charge is 0.323 e. The van der Waals surface area contributed by atoms with Gasteiger partial charge in [0, 0.05) is 5.02 Å². The first-order valence-corrected chi connectivity index (χ1v) is 6.61. The zero-order chi connectivity index (χ0) is 13.9. The number of rotatable bonds is 3. The lowest BCUT2D eigenvalue weighted by Crippen LogP contribution is -2.00. The zero-order valence-corrected chi connectivity index (χ0v) is 11.6. The van der Waals surface area contributed by atoms with Crippen molar-refractivity contribution in [2.75, 3.05) is 5.43 Å². The summed E-state index contributed by atoms with van der Waals surface area (Å²) in [6.45, 7) is 1.93. The minimum Gasteiger partial charge on any atom is -0.323 e. The number of fused-ring (bicyclic) bond motifs is 1. The molecule has 0 bridgehead atoms. The summed E-state index contributed by atoms with van der Waals surface area (Å²) in [5.41, 5.74) is 6.70. The first kappa shape index (κ1) is 12.7. The molecule has 2 N–H and O–H groups in total. The van der Waals surface area contributed by atoms with Gasteiger partial charge in [0.15, 0.2) is 0 Å². The van der Waals surface area contributed by atoms with Crippen molar-refractivity contribution in [2.45, 2.75) is 6.92 Å². The van der Waals surface area contributed by atoms with Gasteiger partial charge in [0.25, 0.3) is 0 Å². The Hall–Kier alpha value is -2.33. The van der Waals surface area contributed by atoms with Crippen molar-refractivity contribution in [1.29, 1.82) is 0 Å². The van der Waals surface area contributed by atoms with E-state index in [1.54, 1.807) is 0 Å². The Labute approximate surface area is 121 Å². The highest BCUT2D eigenvalue weighted by atomic mass is 35.5. The molecule has 4 nitrogen and oxygen atoms in total. The summed E-state index contributed by atoms with van der Waals surface area (Å²) < 4.78 is 0. The number of aromatic nitrogens is 2. The summed E-state index contributed by atoms with van der Waals surface area (Å²) in [5, 5.41) is 5.03. The Kier molecular flexibility index (Phi) is 3.39. The highest BCUT2D eigenvalue weighted by molar-refractivity contribution is 6.30. The Morgan fingerprint density at radius 1 is 1.15 bits per heavy atom. The van der Waals surface area contributed by atoms with Crippen LogP contribution in [-0.4, -0.2) is 15.7 Å². The van der Waals surface area contributed by atoms with Crippen LogP contribution in [0.5, 0.6) is 0 Å². The fourth-order valence-corrected chi connectivity index (χ4v) is 2.02. The quantitative estimate of drug-likeness (QED) is 0.563. The van der Waals surface area contributed by atoms with E-state index in [0.717, 1.165) is 22.3 Å². The van der Waals surface area contributed by atoms with Crippen LogP contribution in [0.25, 0.3) is 11.0 Å². The fraction of sp³-hybridized carbons (Fsp3) is 0.0667. The second kappa shape index (κ2) is 5.35. The van der Waals surface area contributed by atoms with Crippen molar-refractivity contribution >= 4 is 34.3 Å². The number of hydrazone groups is 1. The molecule has 0 radical (unpaired) electrons. The summed E-state index contributed by atoms with van der Waals surface area (Å²) in [4.78, 5) is 7.56. The molecule has 0 aliphatic rings. The van der Waals surface area contributed by atoms with Crippen molar-refractivity contribution in [3.63, 3.8) is 0 Å². The number of nitrogens with one attached hydrogen (secondary N) is 2. The van der Waals surface area contributed by atoms with E-state index >= 15 is 0 Å². The van der Waals surface area contributed by atoms with Crippen LogP contribution in [0.1, 0.15) is 12.5 Å². The number of hydrogen-bond donors (Lipinski definition) is 2. The Morgan fingerprint density at radius 2 is 1.90 bits per heavy atom. The van der Waals surface area contributed by atoms with Crippen molar-refractivity contribution in [3.8, 4) is 0 Å². The van der Waals surface area contributed by atoms with Crippen LogP contribution >= 0.6 is 11.6 Å². The number of benzene rings is 2. The van der Waals surface area contributed by atoms with Gasteiger partial charge in [0.1, 0.15) is 0 Å². The molecule has 3 aromatic rings. The highest BCUT2D eigenvalue weighted by Crippen LogP contribution is 2.14. The highest BCUT2D eigenvalue weighted by Gasteiger charge is 2.01. The van der Waals surface area contributed by atoms with E-state index in [2.05, 4.69) is 20.5 Å². The third-order valence-corrected chi connectivity index (χ3v) is 3.23. The van der Waals surface area contributed by atoms with Crippen LogP contribution in [0.15, 0.2) is 53.6 Å². The molecule has 0 fully saturated rings. The van der Waals surface area contributed by atoms with Gasteiger partial charge in [-0.15, -0.1) is 0 Å². The van der Waals surface area contributed by atoms with Crippen molar-refractivity contribution in [3.05, 3.63) is 59.1 Å². The van der Waals surface area contributed by atoms with Gasteiger partial charge >= 0.3 is 0 Å². The predicted octanol–water partition coefficient (Wildman–Crippen LogP) is 4.05.